The molecule has 0 bridgehead atoms. The Labute approximate surface area is 101 Å². The van der Waals surface area contributed by atoms with Crippen molar-refractivity contribution in [3.05, 3.63) is 0 Å². The van der Waals surface area contributed by atoms with E-state index in [2.05, 4.69) is 30.6 Å². The summed E-state index contributed by atoms with van der Waals surface area (Å²) in [6, 6.07) is 0.741. The number of piperidine rings is 1. The summed E-state index contributed by atoms with van der Waals surface area (Å²) in [6.07, 6.45) is 5.64. The summed E-state index contributed by atoms with van der Waals surface area (Å²) in [7, 11) is 0. The van der Waals surface area contributed by atoms with Crippen molar-refractivity contribution in [1.29, 1.82) is 0 Å². The van der Waals surface area contributed by atoms with E-state index < -0.39 is 0 Å². The van der Waals surface area contributed by atoms with Gasteiger partial charge in [0.05, 0.1) is 0 Å². The molecule has 0 unspecified atom stereocenters. The fourth-order valence-corrected chi connectivity index (χ4v) is 3.46. The van der Waals surface area contributed by atoms with Crippen molar-refractivity contribution in [2.45, 2.75) is 52.5 Å². The molecule has 2 saturated heterocycles. The fraction of sp³-hybridized carbons (Fsp3) is 1.00. The molecule has 94 valence electrons. The average molecular weight is 224 g/mol. The Balaban J connectivity index is 1.84. The van der Waals surface area contributed by atoms with Gasteiger partial charge in [0.25, 0.3) is 0 Å². The number of hydrogen-bond acceptors (Lipinski definition) is 2. The molecular weight excluding hydrogens is 196 g/mol. The first-order valence-corrected chi connectivity index (χ1v) is 7.12. The third kappa shape index (κ3) is 2.60. The molecule has 2 rings (SSSR count). The van der Waals surface area contributed by atoms with Crippen molar-refractivity contribution < 1.29 is 0 Å². The first kappa shape index (κ1) is 12.4. The van der Waals surface area contributed by atoms with Crippen molar-refractivity contribution >= 4 is 0 Å². The molecule has 2 fully saturated rings. The molecule has 1 spiro atoms. The molecule has 0 aromatic rings. The first-order chi connectivity index (χ1) is 7.65. The second-order valence-corrected chi connectivity index (χ2v) is 6.16. The third-order valence-electron chi connectivity index (χ3n) is 4.65. The number of hydrogen-bond donors (Lipinski definition) is 0. The Kier molecular flexibility index (Phi) is 3.91. The summed E-state index contributed by atoms with van der Waals surface area (Å²) in [5.74, 6) is 0. The zero-order valence-electron chi connectivity index (χ0n) is 11.3. The minimum Gasteiger partial charge on any atom is -0.303 e. The van der Waals surface area contributed by atoms with Crippen LogP contribution in [0.3, 0.4) is 0 Å². The van der Waals surface area contributed by atoms with Crippen LogP contribution in [0.25, 0.3) is 0 Å². The van der Waals surface area contributed by atoms with E-state index in [1.165, 1.54) is 58.4 Å². The average Bonchev–Trinajstić information content (AvgIpc) is 2.63. The maximum Gasteiger partial charge on any atom is 0.00394 e. The monoisotopic (exact) mass is 224 g/mol. The van der Waals surface area contributed by atoms with E-state index in [-0.39, 0.29) is 0 Å². The van der Waals surface area contributed by atoms with E-state index in [1.54, 1.807) is 0 Å². The van der Waals surface area contributed by atoms with Crippen LogP contribution in [-0.4, -0.2) is 48.6 Å². The van der Waals surface area contributed by atoms with Gasteiger partial charge in [0.2, 0.25) is 0 Å². The van der Waals surface area contributed by atoms with E-state index in [4.69, 9.17) is 0 Å². The Morgan fingerprint density at radius 3 is 2.25 bits per heavy atom. The first-order valence-electron chi connectivity index (χ1n) is 7.12. The van der Waals surface area contributed by atoms with Crippen molar-refractivity contribution in [1.82, 2.24) is 9.80 Å². The molecule has 0 aromatic heterocycles. The van der Waals surface area contributed by atoms with Gasteiger partial charge in [0.15, 0.2) is 0 Å². The molecule has 0 atom stereocenters. The van der Waals surface area contributed by atoms with Crippen LogP contribution in [-0.2, 0) is 0 Å². The molecule has 2 aliphatic rings. The van der Waals surface area contributed by atoms with Gasteiger partial charge >= 0.3 is 0 Å². The van der Waals surface area contributed by atoms with E-state index in [0.717, 1.165) is 6.04 Å². The molecule has 0 saturated carbocycles. The topological polar surface area (TPSA) is 6.48 Å². The summed E-state index contributed by atoms with van der Waals surface area (Å²) in [5, 5.41) is 0. The zero-order chi connectivity index (χ0) is 11.6. The van der Waals surface area contributed by atoms with E-state index in [9.17, 15) is 0 Å². The summed E-state index contributed by atoms with van der Waals surface area (Å²) in [6.45, 7) is 13.7. The van der Waals surface area contributed by atoms with Crippen molar-refractivity contribution in [3.63, 3.8) is 0 Å². The van der Waals surface area contributed by atoms with E-state index in [0.29, 0.717) is 5.41 Å². The van der Waals surface area contributed by atoms with Gasteiger partial charge in [-0.1, -0.05) is 6.92 Å². The highest BCUT2D eigenvalue weighted by Crippen LogP contribution is 2.40. The van der Waals surface area contributed by atoms with E-state index >= 15 is 0 Å². The highest BCUT2D eigenvalue weighted by molar-refractivity contribution is 4.94. The van der Waals surface area contributed by atoms with Crippen LogP contribution < -0.4 is 0 Å². The molecule has 0 N–H and O–H groups in total. The molecule has 2 nitrogen and oxygen atoms in total. The van der Waals surface area contributed by atoms with Crippen molar-refractivity contribution in [2.24, 2.45) is 5.41 Å². The lowest BCUT2D eigenvalue weighted by atomic mass is 9.77. The third-order valence-corrected chi connectivity index (χ3v) is 4.65. The normalized spacial score (nSPS) is 27.0. The van der Waals surface area contributed by atoms with Crippen LogP contribution in [0.15, 0.2) is 0 Å². The number of rotatable bonds is 3. The number of likely N-dealkylation sites (tertiary alicyclic amines) is 2. The molecule has 0 radical (unpaired) electrons. The Morgan fingerprint density at radius 1 is 1.06 bits per heavy atom. The molecule has 2 heterocycles. The Morgan fingerprint density at radius 2 is 1.69 bits per heavy atom. The van der Waals surface area contributed by atoms with Crippen LogP contribution in [0.1, 0.15) is 46.5 Å². The predicted molar refractivity (Wildman–Crippen MR) is 69.7 cm³/mol. The SMILES string of the molecule is CCCN1CCC2(CCN(C(C)C)CC2)C1. The maximum absolute atomic E-state index is 2.69. The zero-order valence-corrected chi connectivity index (χ0v) is 11.3. The maximum atomic E-state index is 2.69. The van der Waals surface area contributed by atoms with Gasteiger partial charge in [-0.05, 0) is 71.1 Å². The Bertz CT molecular complexity index is 217. The second-order valence-electron chi connectivity index (χ2n) is 6.16. The molecule has 2 aliphatic heterocycles. The van der Waals surface area contributed by atoms with Gasteiger partial charge in [0, 0.05) is 12.6 Å². The van der Waals surface area contributed by atoms with Gasteiger partial charge in [-0.15, -0.1) is 0 Å². The summed E-state index contributed by atoms with van der Waals surface area (Å²) < 4.78 is 0. The quantitative estimate of drug-likeness (QED) is 0.727. The predicted octanol–water partition coefficient (Wildman–Crippen LogP) is 2.59. The minimum atomic E-state index is 0.695. The van der Waals surface area contributed by atoms with Crippen LogP contribution in [0, 0.1) is 5.41 Å². The largest absolute Gasteiger partial charge is 0.303 e. The molecule has 0 aliphatic carbocycles. The minimum absolute atomic E-state index is 0.695. The Hall–Kier alpha value is -0.0800. The van der Waals surface area contributed by atoms with E-state index in [1.807, 2.05) is 0 Å². The molecular formula is C14H28N2. The molecule has 2 heteroatoms. The highest BCUT2D eigenvalue weighted by atomic mass is 15.2. The molecule has 0 aromatic carbocycles. The van der Waals surface area contributed by atoms with Gasteiger partial charge in [0.1, 0.15) is 0 Å². The fourth-order valence-electron chi connectivity index (χ4n) is 3.46. The van der Waals surface area contributed by atoms with Crippen molar-refractivity contribution in [2.75, 3.05) is 32.7 Å². The van der Waals surface area contributed by atoms with Gasteiger partial charge < -0.3 is 9.80 Å². The standard InChI is InChI=1S/C14H28N2/c1-4-8-15-9-5-14(12-15)6-10-16(11-7-14)13(2)3/h13H,4-12H2,1-3H3. The lowest BCUT2D eigenvalue weighted by Gasteiger charge is -2.41. The van der Waals surface area contributed by atoms with Crippen LogP contribution >= 0.6 is 0 Å². The summed E-state index contributed by atoms with van der Waals surface area (Å²) in [5.41, 5.74) is 0.695. The van der Waals surface area contributed by atoms with Crippen LogP contribution in [0.5, 0.6) is 0 Å². The smallest absolute Gasteiger partial charge is 0.00394 e. The number of nitrogens with zero attached hydrogens (tertiary/aromatic N) is 2. The van der Waals surface area contributed by atoms with Crippen LogP contribution in [0.4, 0.5) is 0 Å². The lowest BCUT2D eigenvalue weighted by molar-refractivity contribution is 0.0870. The summed E-state index contributed by atoms with van der Waals surface area (Å²) >= 11 is 0. The summed E-state index contributed by atoms with van der Waals surface area (Å²) in [4.78, 5) is 5.33. The highest BCUT2D eigenvalue weighted by Gasteiger charge is 2.40. The van der Waals surface area contributed by atoms with Crippen LogP contribution in [0.2, 0.25) is 0 Å². The molecule has 0 amide bonds. The van der Waals surface area contributed by atoms with Crippen molar-refractivity contribution in [3.8, 4) is 0 Å². The van der Waals surface area contributed by atoms with Gasteiger partial charge in [-0.2, -0.15) is 0 Å². The lowest BCUT2D eigenvalue weighted by Crippen LogP contribution is -2.44. The second kappa shape index (κ2) is 5.05. The van der Waals surface area contributed by atoms with Gasteiger partial charge in [-0.25, -0.2) is 0 Å². The molecule has 16 heavy (non-hydrogen) atoms. The van der Waals surface area contributed by atoms with Gasteiger partial charge in [-0.3, -0.25) is 0 Å².